The van der Waals surface area contributed by atoms with E-state index in [0.29, 0.717) is 5.76 Å². The van der Waals surface area contributed by atoms with Crippen LogP contribution in [0.1, 0.15) is 12.7 Å². The maximum Gasteiger partial charge on any atom is 0.276 e. The summed E-state index contributed by atoms with van der Waals surface area (Å²) in [5, 5.41) is -0.0522. The minimum atomic E-state index is -3.55. The van der Waals surface area contributed by atoms with Crippen molar-refractivity contribution in [2.45, 2.75) is 23.9 Å². The normalized spacial score (nSPS) is 14.2. The number of furan rings is 1. The molecule has 0 N–H and O–H groups in total. The number of rotatable bonds is 6. The van der Waals surface area contributed by atoms with E-state index in [9.17, 15) is 8.42 Å². The van der Waals surface area contributed by atoms with Crippen molar-refractivity contribution in [3.8, 4) is 0 Å². The summed E-state index contributed by atoms with van der Waals surface area (Å²) in [7, 11) is -2.00. The lowest BCUT2D eigenvalue weighted by molar-refractivity contribution is 0.372. The third-order valence-corrected chi connectivity index (χ3v) is 5.36. The molecule has 0 saturated heterocycles. The van der Waals surface area contributed by atoms with Crippen molar-refractivity contribution >= 4 is 33.4 Å². The lowest BCUT2D eigenvalue weighted by atomic mass is 10.4. The minimum absolute atomic E-state index is 0.0522. The van der Waals surface area contributed by atoms with Crippen molar-refractivity contribution in [3.05, 3.63) is 17.9 Å². The zero-order valence-electron chi connectivity index (χ0n) is 10.0. The van der Waals surface area contributed by atoms with Gasteiger partial charge in [-0.05, 0) is 25.3 Å². The van der Waals surface area contributed by atoms with Gasteiger partial charge in [0.1, 0.15) is 5.76 Å². The molecule has 0 aliphatic rings. The molecule has 0 aliphatic heterocycles. The number of hydrogen-bond acceptors (Lipinski definition) is 4. The van der Waals surface area contributed by atoms with Gasteiger partial charge in [-0.15, -0.1) is 11.6 Å². The summed E-state index contributed by atoms with van der Waals surface area (Å²) in [5.41, 5.74) is 0. The maximum absolute atomic E-state index is 12.2. The molecule has 0 amide bonds. The summed E-state index contributed by atoms with van der Waals surface area (Å²) in [6, 6.07) is 2.93. The van der Waals surface area contributed by atoms with E-state index in [0.717, 1.165) is 5.75 Å². The third kappa shape index (κ3) is 3.40. The second-order valence-electron chi connectivity index (χ2n) is 3.68. The molecule has 0 aromatic carbocycles. The zero-order chi connectivity index (χ0) is 13.1. The van der Waals surface area contributed by atoms with Gasteiger partial charge in [-0.1, -0.05) is 0 Å². The molecule has 0 saturated carbocycles. The predicted molar refractivity (Wildman–Crippen MR) is 71.1 cm³/mol. The molecule has 1 unspecified atom stereocenters. The monoisotopic (exact) mass is 297 g/mol. The Bertz CT molecular complexity index is 458. The van der Waals surface area contributed by atoms with Crippen LogP contribution in [0.3, 0.4) is 0 Å². The number of thioether (sulfide) groups is 1. The van der Waals surface area contributed by atoms with Crippen LogP contribution in [0.2, 0.25) is 0 Å². The standard InChI is InChI=1S/C10H16ClNO3S2/c1-8(7-16-3)12(2)17(13,14)10-5-4-9(6-11)15-10/h4-5,8H,6-7H2,1-3H3. The Morgan fingerprint density at radius 3 is 2.65 bits per heavy atom. The number of nitrogens with zero attached hydrogens (tertiary/aromatic N) is 1. The Morgan fingerprint density at radius 2 is 2.18 bits per heavy atom. The number of sulfonamides is 1. The maximum atomic E-state index is 12.2. The Labute approximate surface area is 111 Å². The lowest BCUT2D eigenvalue weighted by Gasteiger charge is -2.22. The van der Waals surface area contributed by atoms with Gasteiger partial charge in [0.15, 0.2) is 0 Å². The summed E-state index contributed by atoms with van der Waals surface area (Å²) < 4.78 is 30.8. The van der Waals surface area contributed by atoms with Crippen molar-refractivity contribution in [2.24, 2.45) is 0 Å². The van der Waals surface area contributed by atoms with Gasteiger partial charge < -0.3 is 4.42 Å². The predicted octanol–water partition coefficient (Wildman–Crippen LogP) is 2.39. The second-order valence-corrected chi connectivity index (χ2v) is 6.79. The van der Waals surface area contributed by atoms with Gasteiger partial charge in [0.2, 0.25) is 5.09 Å². The number of alkyl halides is 1. The highest BCUT2D eigenvalue weighted by Gasteiger charge is 2.28. The molecule has 0 aliphatic carbocycles. The van der Waals surface area contributed by atoms with E-state index >= 15 is 0 Å². The smallest absolute Gasteiger partial charge is 0.276 e. The first-order chi connectivity index (χ1) is 7.93. The molecule has 0 spiro atoms. The van der Waals surface area contributed by atoms with Crippen molar-refractivity contribution in [1.29, 1.82) is 0 Å². The number of halogens is 1. The quantitative estimate of drug-likeness (QED) is 0.757. The van der Waals surface area contributed by atoms with Crippen molar-refractivity contribution in [3.63, 3.8) is 0 Å². The molecule has 4 nitrogen and oxygen atoms in total. The molecule has 1 atom stereocenters. The van der Waals surface area contributed by atoms with E-state index in [-0.39, 0.29) is 17.0 Å². The summed E-state index contributed by atoms with van der Waals surface area (Å²) in [6.07, 6.45) is 1.94. The average Bonchev–Trinajstić information content (AvgIpc) is 2.77. The van der Waals surface area contributed by atoms with E-state index in [2.05, 4.69) is 0 Å². The number of hydrogen-bond donors (Lipinski definition) is 0. The Kier molecular flexibility index (Phi) is 5.37. The van der Waals surface area contributed by atoms with Crippen LogP contribution < -0.4 is 0 Å². The first-order valence-electron chi connectivity index (χ1n) is 5.05. The second kappa shape index (κ2) is 6.13. The highest BCUT2D eigenvalue weighted by Crippen LogP contribution is 2.21. The zero-order valence-corrected chi connectivity index (χ0v) is 12.4. The molecule has 1 aromatic heterocycles. The van der Waals surface area contributed by atoms with Gasteiger partial charge in [-0.25, -0.2) is 8.42 Å². The highest BCUT2D eigenvalue weighted by atomic mass is 35.5. The third-order valence-electron chi connectivity index (χ3n) is 2.43. The van der Waals surface area contributed by atoms with Crippen molar-refractivity contribution < 1.29 is 12.8 Å². The van der Waals surface area contributed by atoms with Gasteiger partial charge in [-0.3, -0.25) is 0 Å². The van der Waals surface area contributed by atoms with Crippen LogP contribution in [-0.2, 0) is 15.9 Å². The first kappa shape index (κ1) is 14.9. The van der Waals surface area contributed by atoms with E-state index < -0.39 is 10.0 Å². The topological polar surface area (TPSA) is 50.5 Å². The van der Waals surface area contributed by atoms with Crippen LogP contribution in [0, 0.1) is 0 Å². The summed E-state index contributed by atoms with van der Waals surface area (Å²) >= 11 is 7.18. The van der Waals surface area contributed by atoms with Crippen molar-refractivity contribution in [2.75, 3.05) is 19.1 Å². The van der Waals surface area contributed by atoms with Gasteiger partial charge in [0.05, 0.1) is 5.88 Å². The molecular weight excluding hydrogens is 282 g/mol. The largest absolute Gasteiger partial charge is 0.447 e. The lowest BCUT2D eigenvalue weighted by Crippen LogP contribution is -2.36. The minimum Gasteiger partial charge on any atom is -0.447 e. The SMILES string of the molecule is CSCC(C)N(C)S(=O)(=O)c1ccc(CCl)o1. The summed E-state index contributed by atoms with van der Waals surface area (Å²) in [6.45, 7) is 1.86. The first-order valence-corrected chi connectivity index (χ1v) is 8.42. The molecular formula is C10H16ClNO3S2. The Morgan fingerprint density at radius 1 is 1.53 bits per heavy atom. The fourth-order valence-electron chi connectivity index (χ4n) is 1.29. The average molecular weight is 298 g/mol. The molecule has 1 rings (SSSR count). The Hall–Kier alpha value is -0.170. The molecule has 1 heterocycles. The van der Waals surface area contributed by atoms with E-state index in [1.807, 2.05) is 13.2 Å². The molecule has 0 bridgehead atoms. The van der Waals surface area contributed by atoms with Crippen LogP contribution in [0.4, 0.5) is 0 Å². The fraction of sp³-hybridized carbons (Fsp3) is 0.600. The van der Waals surface area contributed by atoms with E-state index in [1.54, 1.807) is 24.9 Å². The summed E-state index contributed by atoms with van der Waals surface area (Å²) in [4.78, 5) is 0. The van der Waals surface area contributed by atoms with Crippen LogP contribution in [-0.4, -0.2) is 37.8 Å². The van der Waals surface area contributed by atoms with E-state index in [1.165, 1.54) is 10.4 Å². The van der Waals surface area contributed by atoms with Gasteiger partial charge >= 0.3 is 0 Å². The molecule has 1 aromatic rings. The molecule has 0 radical (unpaired) electrons. The molecule has 0 fully saturated rings. The van der Waals surface area contributed by atoms with Gasteiger partial charge in [0, 0.05) is 18.8 Å². The van der Waals surface area contributed by atoms with Crippen molar-refractivity contribution in [1.82, 2.24) is 4.31 Å². The highest BCUT2D eigenvalue weighted by molar-refractivity contribution is 7.98. The van der Waals surface area contributed by atoms with Crippen LogP contribution in [0.25, 0.3) is 0 Å². The van der Waals surface area contributed by atoms with E-state index in [4.69, 9.17) is 16.0 Å². The van der Waals surface area contributed by atoms with Gasteiger partial charge in [0.25, 0.3) is 10.0 Å². The molecule has 98 valence electrons. The molecule has 17 heavy (non-hydrogen) atoms. The Balaban J connectivity index is 2.94. The van der Waals surface area contributed by atoms with Gasteiger partial charge in [-0.2, -0.15) is 16.1 Å². The van der Waals surface area contributed by atoms with Crippen LogP contribution >= 0.6 is 23.4 Å². The summed E-state index contributed by atoms with van der Waals surface area (Å²) in [5.74, 6) is 1.36. The van der Waals surface area contributed by atoms with Crippen LogP contribution in [0.5, 0.6) is 0 Å². The fourth-order valence-corrected chi connectivity index (χ4v) is 3.52. The molecule has 7 heteroatoms. The van der Waals surface area contributed by atoms with Crippen LogP contribution in [0.15, 0.2) is 21.6 Å².